The van der Waals surface area contributed by atoms with Crippen molar-refractivity contribution in [3.8, 4) is 11.8 Å². The maximum Gasteiger partial charge on any atom is 0.406 e. The Hall–Kier alpha value is -3.50. The van der Waals surface area contributed by atoms with E-state index in [0.717, 1.165) is 31.6 Å². The van der Waals surface area contributed by atoms with Gasteiger partial charge in [-0.05, 0) is 62.5 Å². The minimum absolute atomic E-state index is 0.0628. The first-order chi connectivity index (χ1) is 20.1. The molecule has 0 amide bonds. The summed E-state index contributed by atoms with van der Waals surface area (Å²) < 4.78 is 54.6. The molecular formula is C30H38F3N5O4. The van der Waals surface area contributed by atoms with Crippen LogP contribution in [0.4, 0.5) is 18.9 Å². The minimum atomic E-state index is -4.38. The molecule has 3 aromatic rings. The molecule has 0 radical (unpaired) electrons. The molecule has 4 N–H and O–H groups in total. The van der Waals surface area contributed by atoms with E-state index in [1.54, 1.807) is 41.2 Å². The smallest absolute Gasteiger partial charge is 0.406 e. The van der Waals surface area contributed by atoms with Crippen molar-refractivity contribution in [1.29, 1.82) is 0 Å². The fraction of sp³-hybridized carbons (Fsp3) is 0.500. The van der Waals surface area contributed by atoms with Crippen LogP contribution in [0.25, 0.3) is 10.9 Å². The summed E-state index contributed by atoms with van der Waals surface area (Å²) in [5.41, 5.74) is 7.28. The van der Waals surface area contributed by atoms with Crippen molar-refractivity contribution >= 4 is 22.6 Å². The number of halogens is 3. The molecule has 0 saturated carbocycles. The molecule has 1 aromatic carbocycles. The van der Waals surface area contributed by atoms with Crippen molar-refractivity contribution in [2.75, 3.05) is 58.4 Å². The Morgan fingerprint density at radius 2 is 1.98 bits per heavy atom. The number of ether oxygens (including phenoxy) is 2. The van der Waals surface area contributed by atoms with Crippen LogP contribution in [0, 0.1) is 17.8 Å². The average molecular weight is 590 g/mol. The number of hydrogen-bond acceptors (Lipinski definition) is 6. The molecule has 3 heterocycles. The van der Waals surface area contributed by atoms with E-state index in [-0.39, 0.29) is 29.8 Å². The summed E-state index contributed by atoms with van der Waals surface area (Å²) in [6, 6.07) is 8.75. The zero-order chi connectivity index (χ0) is 30.1. The fourth-order valence-corrected chi connectivity index (χ4v) is 5.33. The SMILES string of the molecule is CN1CC[C@@H](Nc2cccc3c2cc(C#CCN)n3CC(F)(F)F)[C@H](CCOCCOCCn2ccc(C(=O)O)c2)C1. The van der Waals surface area contributed by atoms with Crippen LogP contribution >= 0.6 is 0 Å². The lowest BCUT2D eigenvalue weighted by molar-refractivity contribution is -0.140. The van der Waals surface area contributed by atoms with Crippen LogP contribution in [0.2, 0.25) is 0 Å². The largest absolute Gasteiger partial charge is 0.478 e. The summed E-state index contributed by atoms with van der Waals surface area (Å²) in [6.45, 7) is 3.19. The highest BCUT2D eigenvalue weighted by Gasteiger charge is 2.31. The quantitative estimate of drug-likeness (QED) is 0.205. The Labute approximate surface area is 243 Å². The van der Waals surface area contributed by atoms with Gasteiger partial charge in [0.1, 0.15) is 6.54 Å². The maximum absolute atomic E-state index is 13.4. The van der Waals surface area contributed by atoms with Crippen molar-refractivity contribution in [3.63, 3.8) is 0 Å². The van der Waals surface area contributed by atoms with Crippen molar-refractivity contribution in [1.82, 2.24) is 14.0 Å². The third kappa shape index (κ3) is 8.75. The Balaban J connectivity index is 1.31. The van der Waals surface area contributed by atoms with E-state index in [9.17, 15) is 18.0 Å². The number of nitrogens with one attached hydrogen (secondary N) is 1. The number of piperidine rings is 1. The highest BCUT2D eigenvalue weighted by Crippen LogP contribution is 2.32. The van der Waals surface area contributed by atoms with Gasteiger partial charge in [-0.25, -0.2) is 4.79 Å². The predicted molar refractivity (Wildman–Crippen MR) is 155 cm³/mol. The number of aromatic nitrogens is 2. The second kappa shape index (κ2) is 14.6. The molecule has 1 fully saturated rings. The molecule has 2 aromatic heterocycles. The Bertz CT molecular complexity index is 1390. The second-order valence-corrected chi connectivity index (χ2v) is 10.5. The molecule has 4 rings (SSSR count). The first-order valence-electron chi connectivity index (χ1n) is 14.0. The van der Waals surface area contributed by atoms with Crippen LogP contribution in [0.3, 0.4) is 0 Å². The fourth-order valence-electron chi connectivity index (χ4n) is 5.33. The zero-order valence-corrected chi connectivity index (χ0v) is 23.7. The van der Waals surface area contributed by atoms with Gasteiger partial charge in [0.25, 0.3) is 0 Å². The number of aromatic carboxylic acids is 1. The number of nitrogens with two attached hydrogens (primary N) is 1. The molecule has 12 heteroatoms. The third-order valence-corrected chi connectivity index (χ3v) is 7.38. The van der Waals surface area contributed by atoms with Crippen molar-refractivity contribution in [2.24, 2.45) is 11.7 Å². The lowest BCUT2D eigenvalue weighted by atomic mass is 9.89. The van der Waals surface area contributed by atoms with Crippen molar-refractivity contribution < 1.29 is 32.5 Å². The zero-order valence-electron chi connectivity index (χ0n) is 23.7. The van der Waals surface area contributed by atoms with Gasteiger partial charge >= 0.3 is 12.1 Å². The molecule has 42 heavy (non-hydrogen) atoms. The van der Waals surface area contributed by atoms with Gasteiger partial charge in [-0.1, -0.05) is 12.0 Å². The van der Waals surface area contributed by atoms with Crippen LogP contribution in [0.1, 0.15) is 28.9 Å². The molecular weight excluding hydrogens is 551 g/mol. The number of hydrogen-bond donors (Lipinski definition) is 3. The molecule has 0 bridgehead atoms. The van der Waals surface area contributed by atoms with E-state index in [1.165, 1.54) is 4.57 Å². The van der Waals surface area contributed by atoms with Gasteiger partial charge < -0.3 is 39.7 Å². The Morgan fingerprint density at radius 3 is 2.69 bits per heavy atom. The number of rotatable bonds is 13. The highest BCUT2D eigenvalue weighted by atomic mass is 19.4. The van der Waals surface area contributed by atoms with Gasteiger partial charge in [-0.2, -0.15) is 13.2 Å². The molecule has 1 aliphatic heterocycles. The van der Waals surface area contributed by atoms with Gasteiger partial charge in [0.15, 0.2) is 0 Å². The van der Waals surface area contributed by atoms with Crippen LogP contribution < -0.4 is 11.1 Å². The number of nitrogens with zero attached hydrogens (tertiary/aromatic N) is 3. The molecule has 1 aliphatic rings. The normalized spacial score (nSPS) is 17.7. The van der Waals surface area contributed by atoms with E-state index >= 15 is 0 Å². The second-order valence-electron chi connectivity index (χ2n) is 10.5. The van der Waals surface area contributed by atoms with Crippen LogP contribution in [-0.2, 0) is 22.6 Å². The minimum Gasteiger partial charge on any atom is -0.478 e. The van der Waals surface area contributed by atoms with Gasteiger partial charge in [-0.3, -0.25) is 0 Å². The van der Waals surface area contributed by atoms with Crippen LogP contribution in [-0.4, -0.2) is 90.4 Å². The summed E-state index contributed by atoms with van der Waals surface area (Å²) in [7, 11) is 2.09. The van der Waals surface area contributed by atoms with E-state index in [2.05, 4.69) is 29.1 Å². The average Bonchev–Trinajstić information content (AvgIpc) is 3.55. The van der Waals surface area contributed by atoms with Crippen LogP contribution in [0.5, 0.6) is 0 Å². The van der Waals surface area contributed by atoms with Gasteiger partial charge in [0.05, 0.1) is 43.1 Å². The van der Waals surface area contributed by atoms with E-state index < -0.39 is 18.7 Å². The number of alkyl halides is 3. The highest BCUT2D eigenvalue weighted by molar-refractivity contribution is 5.94. The number of fused-ring (bicyclic) bond motifs is 1. The maximum atomic E-state index is 13.4. The van der Waals surface area contributed by atoms with E-state index in [0.29, 0.717) is 43.9 Å². The summed E-state index contributed by atoms with van der Waals surface area (Å²) in [4.78, 5) is 13.2. The molecule has 2 atom stereocenters. The van der Waals surface area contributed by atoms with Crippen molar-refractivity contribution in [3.05, 3.63) is 54.0 Å². The summed E-state index contributed by atoms with van der Waals surface area (Å²) in [5, 5.41) is 13.3. The lowest BCUT2D eigenvalue weighted by Gasteiger charge is -2.38. The monoisotopic (exact) mass is 589 g/mol. The summed E-state index contributed by atoms with van der Waals surface area (Å²) in [6.07, 6.45) is 0.616. The number of anilines is 1. The molecule has 1 saturated heterocycles. The third-order valence-electron chi connectivity index (χ3n) is 7.38. The number of carboxylic acids is 1. The summed E-state index contributed by atoms with van der Waals surface area (Å²) >= 11 is 0. The van der Waals surface area contributed by atoms with E-state index in [4.69, 9.17) is 20.3 Å². The van der Waals surface area contributed by atoms with E-state index in [1.807, 2.05) is 6.07 Å². The van der Waals surface area contributed by atoms with Gasteiger partial charge in [0.2, 0.25) is 0 Å². The topological polar surface area (TPSA) is 107 Å². The molecule has 0 spiro atoms. The first kappa shape index (κ1) is 31.4. The Kier molecular flexibility index (Phi) is 10.9. The van der Waals surface area contributed by atoms with Gasteiger partial charge in [0, 0.05) is 49.2 Å². The molecule has 0 aliphatic carbocycles. The van der Waals surface area contributed by atoms with Crippen LogP contribution in [0.15, 0.2) is 42.7 Å². The van der Waals surface area contributed by atoms with Gasteiger partial charge in [-0.15, -0.1) is 0 Å². The number of carbonyl (C=O) groups is 1. The first-order valence-corrected chi connectivity index (χ1v) is 14.0. The van der Waals surface area contributed by atoms with Crippen molar-refractivity contribution in [2.45, 2.75) is 38.1 Å². The lowest BCUT2D eigenvalue weighted by Crippen LogP contribution is -2.45. The molecule has 228 valence electrons. The summed E-state index contributed by atoms with van der Waals surface area (Å²) in [5.74, 6) is 4.81. The Morgan fingerprint density at radius 1 is 1.19 bits per heavy atom. The molecule has 9 nitrogen and oxygen atoms in total. The predicted octanol–water partition coefficient (Wildman–Crippen LogP) is 3.87. The molecule has 0 unspecified atom stereocenters. The number of likely N-dealkylation sites (tertiary alicyclic amines) is 1. The number of benzene rings is 1. The standard InChI is InChI=1S/C30H38F3N5O4/c1-36-11-8-26(22(19-36)9-14-41-16-17-42-15-13-37-12-7-23(20-37)29(39)40)35-27-5-2-6-28-25(27)18-24(4-3-10-34)38(28)21-30(31,32)33/h2,5-7,12,18,20,22,26,35H,8-11,13-17,19,21,34H2,1H3,(H,39,40)/t22-,26-/m1/s1. The number of carboxylic acid groups (broad SMARTS) is 1.